The van der Waals surface area contributed by atoms with Crippen LogP contribution in [-0.2, 0) is 6.42 Å². The van der Waals surface area contributed by atoms with Crippen molar-refractivity contribution in [3.05, 3.63) is 63.6 Å². The summed E-state index contributed by atoms with van der Waals surface area (Å²) >= 11 is 18.3. The van der Waals surface area contributed by atoms with E-state index in [0.717, 1.165) is 5.56 Å². The molecule has 1 atom stereocenters. The van der Waals surface area contributed by atoms with Crippen LogP contribution in [0.4, 0.5) is 4.39 Å². The van der Waals surface area contributed by atoms with Crippen molar-refractivity contribution in [1.29, 1.82) is 0 Å². The van der Waals surface area contributed by atoms with Crippen molar-refractivity contribution >= 4 is 34.8 Å². The minimum absolute atomic E-state index is 0.320. The van der Waals surface area contributed by atoms with E-state index in [1.54, 1.807) is 24.5 Å². The molecule has 0 aliphatic heterocycles. The molecule has 0 aliphatic rings. The van der Waals surface area contributed by atoms with Gasteiger partial charge in [-0.05, 0) is 35.7 Å². The Balaban J connectivity index is 2.22. The van der Waals surface area contributed by atoms with Crippen molar-refractivity contribution in [3.63, 3.8) is 0 Å². The predicted octanol–water partition coefficient (Wildman–Crippen LogP) is 5.05. The number of alkyl halides is 1. The fraction of sp³-hybridized carbons (Fsp3) is 0.154. The Bertz CT molecular complexity index is 560. The molecule has 2 aromatic rings. The minimum atomic E-state index is -0.380. The molecule has 0 radical (unpaired) electrons. The molecule has 1 heterocycles. The second-order valence-electron chi connectivity index (χ2n) is 3.80. The van der Waals surface area contributed by atoms with Gasteiger partial charge in [-0.3, -0.25) is 4.98 Å². The molecule has 18 heavy (non-hydrogen) atoms. The van der Waals surface area contributed by atoms with Gasteiger partial charge in [-0.15, -0.1) is 11.6 Å². The largest absolute Gasteiger partial charge is 0.263 e. The maximum Gasteiger partial charge on any atom is 0.124 e. The SMILES string of the molecule is Fc1ccc(C(Cl)Cc2ccncc2Cl)c(Cl)c1. The standard InChI is InChI=1S/C13H9Cl3FN/c14-11(5-8-3-4-18-7-13(8)16)10-2-1-9(17)6-12(10)15/h1-4,6-7,11H,5H2. The average molecular weight is 305 g/mol. The van der Waals surface area contributed by atoms with Gasteiger partial charge in [0, 0.05) is 17.4 Å². The molecule has 94 valence electrons. The van der Waals surface area contributed by atoms with E-state index in [0.29, 0.717) is 22.0 Å². The van der Waals surface area contributed by atoms with Gasteiger partial charge in [0.1, 0.15) is 5.82 Å². The van der Waals surface area contributed by atoms with Gasteiger partial charge in [0.25, 0.3) is 0 Å². The van der Waals surface area contributed by atoms with Crippen molar-refractivity contribution in [3.8, 4) is 0 Å². The van der Waals surface area contributed by atoms with Crippen molar-refractivity contribution in [2.24, 2.45) is 0 Å². The van der Waals surface area contributed by atoms with Crippen LogP contribution in [0.1, 0.15) is 16.5 Å². The summed E-state index contributed by atoms with van der Waals surface area (Å²) in [5.74, 6) is -0.380. The molecule has 2 rings (SSSR count). The Kier molecular flexibility index (Phi) is 4.44. The first-order chi connectivity index (χ1) is 8.58. The van der Waals surface area contributed by atoms with E-state index in [1.807, 2.05) is 0 Å². The van der Waals surface area contributed by atoms with Gasteiger partial charge in [0.15, 0.2) is 0 Å². The number of pyridine rings is 1. The van der Waals surface area contributed by atoms with Crippen LogP contribution in [-0.4, -0.2) is 4.98 Å². The van der Waals surface area contributed by atoms with Crippen molar-refractivity contribution < 1.29 is 4.39 Å². The number of aromatic nitrogens is 1. The summed E-state index contributed by atoms with van der Waals surface area (Å²) < 4.78 is 12.9. The number of hydrogen-bond acceptors (Lipinski definition) is 1. The van der Waals surface area contributed by atoms with E-state index in [4.69, 9.17) is 34.8 Å². The molecular weight excluding hydrogens is 296 g/mol. The quantitative estimate of drug-likeness (QED) is 0.723. The molecule has 0 N–H and O–H groups in total. The third-order valence-electron chi connectivity index (χ3n) is 2.56. The average Bonchev–Trinajstić information content (AvgIpc) is 2.32. The van der Waals surface area contributed by atoms with E-state index in [9.17, 15) is 4.39 Å². The van der Waals surface area contributed by atoms with Crippen LogP contribution in [0, 0.1) is 5.82 Å². The van der Waals surface area contributed by atoms with E-state index >= 15 is 0 Å². The minimum Gasteiger partial charge on any atom is -0.263 e. The summed E-state index contributed by atoms with van der Waals surface area (Å²) in [6.45, 7) is 0. The Morgan fingerprint density at radius 3 is 2.61 bits per heavy atom. The van der Waals surface area contributed by atoms with E-state index in [1.165, 1.54) is 12.1 Å². The fourth-order valence-electron chi connectivity index (χ4n) is 1.63. The van der Waals surface area contributed by atoms with E-state index < -0.39 is 0 Å². The zero-order valence-electron chi connectivity index (χ0n) is 9.21. The second kappa shape index (κ2) is 5.87. The van der Waals surface area contributed by atoms with Gasteiger partial charge < -0.3 is 0 Å². The Morgan fingerprint density at radius 1 is 1.17 bits per heavy atom. The highest BCUT2D eigenvalue weighted by molar-refractivity contribution is 6.33. The van der Waals surface area contributed by atoms with Crippen LogP contribution in [0.3, 0.4) is 0 Å². The summed E-state index contributed by atoms with van der Waals surface area (Å²) in [5.41, 5.74) is 1.57. The van der Waals surface area contributed by atoms with Crippen LogP contribution in [0.5, 0.6) is 0 Å². The lowest BCUT2D eigenvalue weighted by molar-refractivity contribution is 0.627. The van der Waals surface area contributed by atoms with E-state index in [-0.39, 0.29) is 11.2 Å². The number of rotatable bonds is 3. The maximum atomic E-state index is 12.9. The first-order valence-corrected chi connectivity index (χ1v) is 6.44. The van der Waals surface area contributed by atoms with Gasteiger partial charge in [0.2, 0.25) is 0 Å². The van der Waals surface area contributed by atoms with Crippen molar-refractivity contribution in [1.82, 2.24) is 4.98 Å². The highest BCUT2D eigenvalue weighted by Gasteiger charge is 2.14. The first kappa shape index (κ1) is 13.6. The zero-order valence-corrected chi connectivity index (χ0v) is 11.5. The Labute approximate surface area is 120 Å². The first-order valence-electron chi connectivity index (χ1n) is 5.25. The molecule has 1 aromatic heterocycles. The number of halogens is 4. The van der Waals surface area contributed by atoms with Gasteiger partial charge in [-0.2, -0.15) is 0 Å². The lowest BCUT2D eigenvalue weighted by Gasteiger charge is -2.12. The summed E-state index contributed by atoms with van der Waals surface area (Å²) in [6, 6.07) is 5.98. The molecule has 0 amide bonds. The molecule has 0 fully saturated rings. The molecular formula is C13H9Cl3FN. The Morgan fingerprint density at radius 2 is 1.94 bits per heavy atom. The highest BCUT2D eigenvalue weighted by Crippen LogP contribution is 2.32. The topological polar surface area (TPSA) is 12.9 Å². The maximum absolute atomic E-state index is 12.9. The molecule has 0 saturated carbocycles. The van der Waals surface area contributed by atoms with Crippen LogP contribution < -0.4 is 0 Å². The number of nitrogens with zero attached hydrogens (tertiary/aromatic N) is 1. The molecule has 1 unspecified atom stereocenters. The number of hydrogen-bond donors (Lipinski definition) is 0. The molecule has 1 aromatic carbocycles. The van der Waals surface area contributed by atoms with Crippen LogP contribution >= 0.6 is 34.8 Å². The Hall–Kier alpha value is -0.830. The third-order valence-corrected chi connectivity index (χ3v) is 3.61. The zero-order chi connectivity index (χ0) is 13.1. The van der Waals surface area contributed by atoms with Gasteiger partial charge in [-0.25, -0.2) is 4.39 Å². The highest BCUT2D eigenvalue weighted by atomic mass is 35.5. The lowest BCUT2D eigenvalue weighted by atomic mass is 10.0. The molecule has 0 aliphatic carbocycles. The van der Waals surface area contributed by atoms with Gasteiger partial charge in [0.05, 0.1) is 10.4 Å². The molecule has 0 saturated heterocycles. The molecule has 0 bridgehead atoms. The van der Waals surface area contributed by atoms with Gasteiger partial charge >= 0.3 is 0 Å². The molecule has 5 heteroatoms. The second-order valence-corrected chi connectivity index (χ2v) is 5.15. The smallest absolute Gasteiger partial charge is 0.124 e. The van der Waals surface area contributed by atoms with Crippen LogP contribution in [0.2, 0.25) is 10.0 Å². The number of benzene rings is 1. The summed E-state index contributed by atoms with van der Waals surface area (Å²) in [6.07, 6.45) is 3.72. The predicted molar refractivity (Wildman–Crippen MR) is 73.0 cm³/mol. The summed E-state index contributed by atoms with van der Waals surface area (Å²) in [7, 11) is 0. The fourth-order valence-corrected chi connectivity index (χ4v) is 2.54. The normalized spacial score (nSPS) is 12.4. The summed E-state index contributed by atoms with van der Waals surface area (Å²) in [5, 5.41) is 0.513. The lowest BCUT2D eigenvalue weighted by Crippen LogP contribution is -1.98. The van der Waals surface area contributed by atoms with Crippen LogP contribution in [0.15, 0.2) is 36.7 Å². The third kappa shape index (κ3) is 3.14. The van der Waals surface area contributed by atoms with Gasteiger partial charge in [-0.1, -0.05) is 29.3 Å². The van der Waals surface area contributed by atoms with Crippen LogP contribution in [0.25, 0.3) is 0 Å². The van der Waals surface area contributed by atoms with Crippen molar-refractivity contribution in [2.75, 3.05) is 0 Å². The van der Waals surface area contributed by atoms with E-state index in [2.05, 4.69) is 4.98 Å². The monoisotopic (exact) mass is 303 g/mol. The molecule has 0 spiro atoms. The molecule has 1 nitrogen and oxygen atoms in total. The summed E-state index contributed by atoms with van der Waals surface area (Å²) in [4.78, 5) is 3.90. The van der Waals surface area contributed by atoms with Crippen molar-refractivity contribution in [2.45, 2.75) is 11.8 Å².